The summed E-state index contributed by atoms with van der Waals surface area (Å²) in [7, 11) is 2.11. The minimum atomic E-state index is 0.701. The molecule has 2 unspecified atom stereocenters. The molecule has 1 aliphatic rings. The average molecular weight is 240 g/mol. The summed E-state index contributed by atoms with van der Waals surface area (Å²) in [5.74, 6) is 0. The second-order valence-electron chi connectivity index (χ2n) is 5.84. The van der Waals surface area contributed by atoms with Gasteiger partial charge < -0.3 is 5.32 Å². The zero-order valence-corrected chi connectivity index (χ0v) is 12.3. The van der Waals surface area contributed by atoms with E-state index >= 15 is 0 Å². The Balaban J connectivity index is 2.44. The van der Waals surface area contributed by atoms with Gasteiger partial charge in [-0.15, -0.1) is 0 Å². The summed E-state index contributed by atoms with van der Waals surface area (Å²) >= 11 is 0. The van der Waals surface area contributed by atoms with Crippen LogP contribution in [0.5, 0.6) is 0 Å². The van der Waals surface area contributed by atoms with Crippen LogP contribution in [0.25, 0.3) is 0 Å². The van der Waals surface area contributed by atoms with Gasteiger partial charge in [-0.1, -0.05) is 26.2 Å². The molecule has 0 amide bonds. The number of nitrogens with zero attached hydrogens (tertiary/aromatic N) is 1. The largest absolute Gasteiger partial charge is 0.317 e. The summed E-state index contributed by atoms with van der Waals surface area (Å²) in [6.45, 7) is 8.30. The molecule has 0 heterocycles. The molecule has 0 saturated heterocycles. The molecule has 0 bridgehead atoms. The lowest BCUT2D eigenvalue weighted by Crippen LogP contribution is -2.46. The molecule has 1 fully saturated rings. The molecule has 0 aliphatic heterocycles. The molecule has 0 aromatic heterocycles. The highest BCUT2D eigenvalue weighted by atomic mass is 15.2. The van der Waals surface area contributed by atoms with Crippen molar-refractivity contribution in [2.75, 3.05) is 13.6 Å². The Morgan fingerprint density at radius 1 is 1.24 bits per heavy atom. The molecule has 0 aromatic carbocycles. The SMILES string of the molecule is CCCCCN(C(C)C)C1CCCC(NC)C1. The maximum Gasteiger partial charge on any atom is 0.0113 e. The third-order valence-corrected chi connectivity index (χ3v) is 4.21. The number of hydrogen-bond donors (Lipinski definition) is 1. The fourth-order valence-corrected chi connectivity index (χ4v) is 3.13. The molecule has 0 aromatic rings. The minimum Gasteiger partial charge on any atom is -0.317 e. The number of unbranched alkanes of at least 4 members (excludes halogenated alkanes) is 2. The van der Waals surface area contributed by atoms with Crippen LogP contribution in [-0.4, -0.2) is 36.6 Å². The maximum absolute atomic E-state index is 3.47. The van der Waals surface area contributed by atoms with E-state index < -0.39 is 0 Å². The molecule has 2 atom stereocenters. The highest BCUT2D eigenvalue weighted by Crippen LogP contribution is 2.25. The van der Waals surface area contributed by atoms with Crippen molar-refractivity contribution < 1.29 is 0 Å². The Labute approximate surface area is 108 Å². The van der Waals surface area contributed by atoms with Crippen LogP contribution < -0.4 is 5.32 Å². The second kappa shape index (κ2) is 8.10. The van der Waals surface area contributed by atoms with Crippen LogP contribution in [0.3, 0.4) is 0 Å². The topological polar surface area (TPSA) is 15.3 Å². The molecular formula is C15H32N2. The standard InChI is InChI=1S/C15H32N2/c1-5-6-7-11-17(13(2)3)15-10-8-9-14(12-15)16-4/h13-16H,5-12H2,1-4H3. The van der Waals surface area contributed by atoms with Crippen LogP contribution in [0, 0.1) is 0 Å². The van der Waals surface area contributed by atoms with E-state index in [4.69, 9.17) is 0 Å². The minimum absolute atomic E-state index is 0.701. The van der Waals surface area contributed by atoms with Gasteiger partial charge in [-0.05, 0) is 53.1 Å². The first-order valence-corrected chi connectivity index (χ1v) is 7.62. The number of hydrogen-bond acceptors (Lipinski definition) is 2. The van der Waals surface area contributed by atoms with Crippen molar-refractivity contribution in [2.24, 2.45) is 0 Å². The first-order valence-electron chi connectivity index (χ1n) is 7.62. The third kappa shape index (κ3) is 4.97. The van der Waals surface area contributed by atoms with Gasteiger partial charge in [0, 0.05) is 18.1 Å². The molecule has 2 heteroatoms. The molecule has 0 spiro atoms. The van der Waals surface area contributed by atoms with Gasteiger partial charge >= 0.3 is 0 Å². The van der Waals surface area contributed by atoms with Gasteiger partial charge in [0.1, 0.15) is 0 Å². The first kappa shape index (κ1) is 15.0. The molecule has 2 nitrogen and oxygen atoms in total. The summed E-state index contributed by atoms with van der Waals surface area (Å²) in [6, 6.07) is 2.27. The van der Waals surface area contributed by atoms with E-state index in [9.17, 15) is 0 Å². The van der Waals surface area contributed by atoms with E-state index in [-0.39, 0.29) is 0 Å². The van der Waals surface area contributed by atoms with Crippen molar-refractivity contribution in [3.8, 4) is 0 Å². The van der Waals surface area contributed by atoms with Crippen LogP contribution in [0.4, 0.5) is 0 Å². The zero-order valence-electron chi connectivity index (χ0n) is 12.3. The van der Waals surface area contributed by atoms with Crippen molar-refractivity contribution in [1.29, 1.82) is 0 Å². The lowest BCUT2D eigenvalue weighted by molar-refractivity contribution is 0.107. The predicted octanol–water partition coefficient (Wildman–Crippen LogP) is 3.42. The molecule has 1 rings (SSSR count). The summed E-state index contributed by atoms with van der Waals surface area (Å²) in [5.41, 5.74) is 0. The normalized spacial score (nSPS) is 25.8. The second-order valence-corrected chi connectivity index (χ2v) is 5.84. The number of nitrogens with one attached hydrogen (secondary N) is 1. The van der Waals surface area contributed by atoms with Crippen molar-refractivity contribution in [3.63, 3.8) is 0 Å². The van der Waals surface area contributed by atoms with Gasteiger partial charge in [0.05, 0.1) is 0 Å². The van der Waals surface area contributed by atoms with Crippen LogP contribution in [0.2, 0.25) is 0 Å². The fourth-order valence-electron chi connectivity index (χ4n) is 3.13. The lowest BCUT2D eigenvalue weighted by atomic mass is 9.89. The van der Waals surface area contributed by atoms with Crippen LogP contribution in [0.1, 0.15) is 65.7 Å². The monoisotopic (exact) mass is 240 g/mol. The van der Waals surface area contributed by atoms with Gasteiger partial charge in [-0.2, -0.15) is 0 Å². The molecule has 17 heavy (non-hydrogen) atoms. The molecule has 1 aliphatic carbocycles. The van der Waals surface area contributed by atoms with Crippen molar-refractivity contribution in [1.82, 2.24) is 10.2 Å². The van der Waals surface area contributed by atoms with Gasteiger partial charge in [-0.3, -0.25) is 4.90 Å². The number of rotatable bonds is 7. The smallest absolute Gasteiger partial charge is 0.0113 e. The molecule has 102 valence electrons. The predicted molar refractivity (Wildman–Crippen MR) is 76.5 cm³/mol. The van der Waals surface area contributed by atoms with E-state index in [2.05, 4.69) is 38.0 Å². The molecular weight excluding hydrogens is 208 g/mol. The third-order valence-electron chi connectivity index (χ3n) is 4.21. The Morgan fingerprint density at radius 3 is 2.59 bits per heavy atom. The Kier molecular flexibility index (Phi) is 7.14. The lowest BCUT2D eigenvalue weighted by Gasteiger charge is -2.40. The van der Waals surface area contributed by atoms with Crippen LogP contribution in [-0.2, 0) is 0 Å². The van der Waals surface area contributed by atoms with E-state index in [1.54, 1.807) is 0 Å². The van der Waals surface area contributed by atoms with E-state index in [1.807, 2.05) is 0 Å². The van der Waals surface area contributed by atoms with Crippen molar-refractivity contribution >= 4 is 0 Å². The van der Waals surface area contributed by atoms with Crippen LogP contribution in [0.15, 0.2) is 0 Å². The maximum atomic E-state index is 3.47. The average Bonchev–Trinajstić information content (AvgIpc) is 2.34. The van der Waals surface area contributed by atoms with E-state index in [0.717, 1.165) is 12.1 Å². The van der Waals surface area contributed by atoms with Gasteiger partial charge in [-0.25, -0.2) is 0 Å². The zero-order chi connectivity index (χ0) is 12.7. The quantitative estimate of drug-likeness (QED) is 0.686. The highest BCUT2D eigenvalue weighted by Gasteiger charge is 2.26. The van der Waals surface area contributed by atoms with Crippen molar-refractivity contribution in [2.45, 2.75) is 83.8 Å². The molecule has 0 radical (unpaired) electrons. The van der Waals surface area contributed by atoms with Gasteiger partial charge in [0.15, 0.2) is 0 Å². The Hall–Kier alpha value is -0.0800. The first-order chi connectivity index (χ1) is 8.19. The summed E-state index contributed by atoms with van der Waals surface area (Å²) < 4.78 is 0. The molecule has 1 saturated carbocycles. The Bertz CT molecular complexity index is 191. The van der Waals surface area contributed by atoms with E-state index in [0.29, 0.717) is 6.04 Å². The summed E-state index contributed by atoms with van der Waals surface area (Å²) in [4.78, 5) is 2.75. The molecule has 1 N–H and O–H groups in total. The highest BCUT2D eigenvalue weighted by molar-refractivity contribution is 4.84. The summed E-state index contributed by atoms with van der Waals surface area (Å²) in [6.07, 6.45) is 9.60. The fraction of sp³-hybridized carbons (Fsp3) is 1.00. The van der Waals surface area contributed by atoms with Crippen LogP contribution >= 0.6 is 0 Å². The van der Waals surface area contributed by atoms with E-state index in [1.165, 1.54) is 51.5 Å². The van der Waals surface area contributed by atoms with Crippen molar-refractivity contribution in [3.05, 3.63) is 0 Å². The Morgan fingerprint density at radius 2 is 2.00 bits per heavy atom. The summed E-state index contributed by atoms with van der Waals surface area (Å²) in [5, 5.41) is 3.47. The van der Waals surface area contributed by atoms with Gasteiger partial charge in [0.2, 0.25) is 0 Å². The van der Waals surface area contributed by atoms with Gasteiger partial charge in [0.25, 0.3) is 0 Å².